The summed E-state index contributed by atoms with van der Waals surface area (Å²) in [6.07, 6.45) is 3.07. The normalized spacial score (nSPS) is 12.1. The number of carbonyl (C=O) groups excluding carboxylic acids is 1. The van der Waals surface area contributed by atoms with Gasteiger partial charge in [0.15, 0.2) is 0 Å². The van der Waals surface area contributed by atoms with Crippen LogP contribution in [0.5, 0.6) is 0 Å². The average Bonchev–Trinajstić information content (AvgIpc) is 2.55. The monoisotopic (exact) mass is 324 g/mol. The van der Waals surface area contributed by atoms with Crippen molar-refractivity contribution in [1.82, 2.24) is 5.32 Å². The zero-order chi connectivity index (χ0) is 17.7. The van der Waals surface area contributed by atoms with Crippen molar-refractivity contribution in [3.8, 4) is 0 Å². The molecule has 5 nitrogen and oxygen atoms in total. The number of nitrogens with zero attached hydrogens (tertiary/aromatic N) is 1. The lowest BCUT2D eigenvalue weighted by Gasteiger charge is -2.16. The van der Waals surface area contributed by atoms with E-state index in [4.69, 9.17) is 0 Å². The van der Waals surface area contributed by atoms with Gasteiger partial charge in [0.25, 0.3) is 5.69 Å². The van der Waals surface area contributed by atoms with Gasteiger partial charge in [-0.1, -0.05) is 23.8 Å². The van der Waals surface area contributed by atoms with Gasteiger partial charge in [0.1, 0.15) is 0 Å². The maximum atomic E-state index is 12.1. The fraction of sp³-hybridized carbons (Fsp3) is 0.211. The predicted molar refractivity (Wildman–Crippen MR) is 94.6 cm³/mol. The minimum Gasteiger partial charge on any atom is -0.346 e. The van der Waals surface area contributed by atoms with Crippen molar-refractivity contribution in [3.05, 3.63) is 80.9 Å². The summed E-state index contributed by atoms with van der Waals surface area (Å²) in [5.74, 6) is -0.207. The molecule has 2 aromatic rings. The van der Waals surface area contributed by atoms with E-state index in [-0.39, 0.29) is 17.6 Å². The third kappa shape index (κ3) is 4.52. The first-order chi connectivity index (χ1) is 11.4. The van der Waals surface area contributed by atoms with Gasteiger partial charge in [-0.2, -0.15) is 0 Å². The molecule has 1 atom stereocenters. The zero-order valence-corrected chi connectivity index (χ0v) is 13.9. The van der Waals surface area contributed by atoms with Crippen molar-refractivity contribution in [2.45, 2.75) is 26.8 Å². The molecule has 5 heteroatoms. The molecule has 1 N–H and O–H groups in total. The van der Waals surface area contributed by atoms with Crippen LogP contribution in [0.15, 0.2) is 48.5 Å². The number of carbonyl (C=O) groups is 1. The maximum absolute atomic E-state index is 12.1. The highest BCUT2D eigenvalue weighted by Gasteiger charge is 2.10. The highest BCUT2D eigenvalue weighted by molar-refractivity contribution is 5.92. The second kappa shape index (κ2) is 7.55. The molecule has 0 aliphatic carbocycles. The Kier molecular flexibility index (Phi) is 5.47. The van der Waals surface area contributed by atoms with Gasteiger partial charge in [0.2, 0.25) is 5.91 Å². The summed E-state index contributed by atoms with van der Waals surface area (Å²) in [5, 5.41) is 13.5. The summed E-state index contributed by atoms with van der Waals surface area (Å²) in [7, 11) is 0. The van der Waals surface area contributed by atoms with Gasteiger partial charge < -0.3 is 5.32 Å². The number of nitro benzene ring substituents is 1. The molecular formula is C19H20N2O3. The summed E-state index contributed by atoms with van der Waals surface area (Å²) in [5.41, 5.74) is 4.13. The van der Waals surface area contributed by atoms with Crippen molar-refractivity contribution in [2.75, 3.05) is 0 Å². The lowest BCUT2D eigenvalue weighted by atomic mass is 10.00. The van der Waals surface area contributed by atoms with Gasteiger partial charge in [0, 0.05) is 18.2 Å². The molecule has 2 aromatic carbocycles. The fourth-order valence-electron chi connectivity index (χ4n) is 2.44. The van der Waals surface area contributed by atoms with Crippen LogP contribution in [0, 0.1) is 24.0 Å². The first kappa shape index (κ1) is 17.4. The van der Waals surface area contributed by atoms with Crippen LogP contribution in [0.3, 0.4) is 0 Å². The summed E-state index contributed by atoms with van der Waals surface area (Å²) in [6, 6.07) is 12.1. The van der Waals surface area contributed by atoms with Crippen molar-refractivity contribution in [1.29, 1.82) is 0 Å². The molecule has 2 rings (SSSR count). The van der Waals surface area contributed by atoms with Gasteiger partial charge in [0.05, 0.1) is 11.0 Å². The minimum atomic E-state index is -0.452. The van der Waals surface area contributed by atoms with Crippen LogP contribution in [0.4, 0.5) is 5.69 Å². The number of hydrogen-bond donors (Lipinski definition) is 1. The smallest absolute Gasteiger partial charge is 0.269 e. The number of aryl methyl sites for hydroxylation is 2. The molecule has 0 aromatic heterocycles. The third-order valence-corrected chi connectivity index (χ3v) is 3.79. The van der Waals surface area contributed by atoms with Gasteiger partial charge in [-0.15, -0.1) is 0 Å². The molecule has 0 bridgehead atoms. The molecule has 0 spiro atoms. The molecular weight excluding hydrogens is 304 g/mol. The summed E-state index contributed by atoms with van der Waals surface area (Å²) >= 11 is 0. The Morgan fingerprint density at radius 1 is 1.17 bits per heavy atom. The van der Waals surface area contributed by atoms with E-state index in [0.717, 1.165) is 22.3 Å². The second-order valence-electron chi connectivity index (χ2n) is 5.77. The Morgan fingerprint density at radius 2 is 1.83 bits per heavy atom. The number of rotatable bonds is 5. The van der Waals surface area contributed by atoms with Crippen molar-refractivity contribution >= 4 is 17.7 Å². The van der Waals surface area contributed by atoms with Gasteiger partial charge in [-0.3, -0.25) is 14.9 Å². The van der Waals surface area contributed by atoms with E-state index in [1.165, 1.54) is 18.2 Å². The van der Waals surface area contributed by atoms with Crippen LogP contribution in [0.2, 0.25) is 0 Å². The summed E-state index contributed by atoms with van der Waals surface area (Å²) in [4.78, 5) is 22.2. The summed E-state index contributed by atoms with van der Waals surface area (Å²) < 4.78 is 0. The van der Waals surface area contributed by atoms with E-state index in [0.29, 0.717) is 0 Å². The zero-order valence-electron chi connectivity index (χ0n) is 13.9. The molecule has 0 fully saturated rings. The number of hydrogen-bond acceptors (Lipinski definition) is 3. The quantitative estimate of drug-likeness (QED) is 0.511. The van der Waals surface area contributed by atoms with E-state index >= 15 is 0 Å². The molecule has 1 amide bonds. The Labute approximate surface area is 141 Å². The number of non-ortho nitro benzene ring substituents is 1. The number of benzene rings is 2. The Balaban J connectivity index is 2.01. The highest BCUT2D eigenvalue weighted by Crippen LogP contribution is 2.19. The topological polar surface area (TPSA) is 72.2 Å². The van der Waals surface area contributed by atoms with E-state index < -0.39 is 4.92 Å². The number of amides is 1. The first-order valence-electron chi connectivity index (χ1n) is 7.67. The average molecular weight is 324 g/mol. The van der Waals surface area contributed by atoms with E-state index in [1.807, 2.05) is 32.9 Å². The van der Waals surface area contributed by atoms with E-state index in [9.17, 15) is 14.9 Å². The van der Waals surface area contributed by atoms with Crippen molar-refractivity contribution in [2.24, 2.45) is 0 Å². The summed E-state index contributed by atoms with van der Waals surface area (Å²) in [6.45, 7) is 5.98. The maximum Gasteiger partial charge on any atom is 0.269 e. The molecule has 24 heavy (non-hydrogen) atoms. The number of nitro groups is 1. The Hall–Kier alpha value is -2.95. The van der Waals surface area contributed by atoms with E-state index in [2.05, 4.69) is 11.4 Å². The van der Waals surface area contributed by atoms with Crippen LogP contribution in [0.25, 0.3) is 6.08 Å². The van der Waals surface area contributed by atoms with Crippen molar-refractivity contribution < 1.29 is 9.72 Å². The van der Waals surface area contributed by atoms with Crippen LogP contribution in [-0.2, 0) is 4.79 Å². The second-order valence-corrected chi connectivity index (χ2v) is 5.77. The molecule has 0 heterocycles. The van der Waals surface area contributed by atoms with Gasteiger partial charge >= 0.3 is 0 Å². The van der Waals surface area contributed by atoms with Crippen LogP contribution >= 0.6 is 0 Å². The largest absolute Gasteiger partial charge is 0.346 e. The van der Waals surface area contributed by atoms with E-state index in [1.54, 1.807) is 18.2 Å². The van der Waals surface area contributed by atoms with Crippen LogP contribution < -0.4 is 5.32 Å². The Bertz CT molecular complexity index is 780. The lowest BCUT2D eigenvalue weighted by Crippen LogP contribution is -2.25. The fourth-order valence-corrected chi connectivity index (χ4v) is 2.44. The molecule has 0 aliphatic heterocycles. The first-order valence-corrected chi connectivity index (χ1v) is 7.67. The number of nitrogens with one attached hydrogen (secondary N) is 1. The molecule has 0 saturated heterocycles. The Morgan fingerprint density at radius 3 is 2.46 bits per heavy atom. The molecule has 124 valence electrons. The molecule has 0 radical (unpaired) electrons. The molecule has 0 saturated carbocycles. The van der Waals surface area contributed by atoms with Gasteiger partial charge in [-0.25, -0.2) is 0 Å². The van der Waals surface area contributed by atoms with Crippen molar-refractivity contribution in [3.63, 3.8) is 0 Å². The molecule has 0 unspecified atom stereocenters. The highest BCUT2D eigenvalue weighted by atomic mass is 16.6. The van der Waals surface area contributed by atoms with Crippen LogP contribution in [0.1, 0.15) is 35.2 Å². The SMILES string of the molecule is Cc1ccc(C)c([C@H](C)NC(=O)/C=C/c2ccc([N+](=O)[O-])cc2)c1. The third-order valence-electron chi connectivity index (χ3n) is 3.79. The molecule has 0 aliphatic rings. The predicted octanol–water partition coefficient (Wildman–Crippen LogP) is 4.10. The lowest BCUT2D eigenvalue weighted by molar-refractivity contribution is -0.384. The van der Waals surface area contributed by atoms with Crippen LogP contribution in [-0.4, -0.2) is 10.8 Å². The standard InChI is InChI=1S/C19H20N2O3/c1-13-4-5-14(2)18(12-13)15(3)20-19(22)11-8-16-6-9-17(10-7-16)21(23)24/h4-12,15H,1-3H3,(H,20,22)/b11-8+/t15-/m0/s1. The minimum absolute atomic E-state index is 0.0279. The van der Waals surface area contributed by atoms with Gasteiger partial charge in [-0.05, 0) is 55.7 Å².